The van der Waals surface area contributed by atoms with Gasteiger partial charge in [-0.2, -0.15) is 5.26 Å². The van der Waals surface area contributed by atoms with Gasteiger partial charge < -0.3 is 5.32 Å². The fourth-order valence-electron chi connectivity index (χ4n) is 2.27. The Morgan fingerprint density at radius 3 is 2.78 bits per heavy atom. The maximum atomic E-state index is 11.0. The summed E-state index contributed by atoms with van der Waals surface area (Å²) >= 11 is 0. The number of rotatable bonds is 3. The van der Waals surface area contributed by atoms with Gasteiger partial charge in [-0.15, -0.1) is 0 Å². The zero-order chi connectivity index (χ0) is 13.0. The molecule has 2 rings (SSSR count). The lowest BCUT2D eigenvalue weighted by Crippen LogP contribution is -2.23. The molecule has 0 aromatic carbocycles. The van der Waals surface area contributed by atoms with Crippen LogP contribution in [0.4, 0.5) is 11.5 Å². The Morgan fingerprint density at radius 2 is 2.17 bits per heavy atom. The molecular formula is C12H14N4O2. The van der Waals surface area contributed by atoms with Gasteiger partial charge in [0, 0.05) is 12.2 Å². The standard InChI is InChI=1S/C12H14N4O2/c13-8-9-6-7-14-12(11(9)16(17)18)15-10-4-2-1-3-5-10/h6-7,10H,1-5H2,(H,14,15). The van der Waals surface area contributed by atoms with Gasteiger partial charge in [-0.25, -0.2) is 4.98 Å². The molecule has 0 radical (unpaired) electrons. The SMILES string of the molecule is N#Cc1ccnc(NC2CCCCC2)c1[N+](=O)[O-]. The molecule has 1 heterocycles. The lowest BCUT2D eigenvalue weighted by atomic mass is 9.95. The lowest BCUT2D eigenvalue weighted by Gasteiger charge is -2.23. The Hall–Kier alpha value is -2.16. The summed E-state index contributed by atoms with van der Waals surface area (Å²) in [5.74, 6) is 0.214. The third-order valence-electron chi connectivity index (χ3n) is 3.17. The molecule has 0 bridgehead atoms. The van der Waals surface area contributed by atoms with Crippen LogP contribution in [0.1, 0.15) is 37.7 Å². The highest BCUT2D eigenvalue weighted by atomic mass is 16.6. The van der Waals surface area contributed by atoms with Crippen molar-refractivity contribution in [3.05, 3.63) is 27.9 Å². The third kappa shape index (κ3) is 2.56. The van der Waals surface area contributed by atoms with Gasteiger partial charge in [-0.05, 0) is 18.9 Å². The molecule has 6 nitrogen and oxygen atoms in total. The molecule has 0 amide bonds. The van der Waals surface area contributed by atoms with E-state index in [1.54, 1.807) is 0 Å². The van der Waals surface area contributed by atoms with Gasteiger partial charge in [0.1, 0.15) is 11.6 Å². The van der Waals surface area contributed by atoms with E-state index in [1.165, 1.54) is 18.7 Å². The average Bonchev–Trinajstić information content (AvgIpc) is 2.39. The van der Waals surface area contributed by atoms with Crippen LogP contribution < -0.4 is 5.32 Å². The van der Waals surface area contributed by atoms with E-state index in [-0.39, 0.29) is 23.1 Å². The number of nitrogens with one attached hydrogen (secondary N) is 1. The molecule has 18 heavy (non-hydrogen) atoms. The number of hydrogen-bond donors (Lipinski definition) is 1. The van der Waals surface area contributed by atoms with Gasteiger partial charge in [0.15, 0.2) is 0 Å². The van der Waals surface area contributed by atoms with E-state index >= 15 is 0 Å². The van der Waals surface area contributed by atoms with Gasteiger partial charge in [0.25, 0.3) is 0 Å². The van der Waals surface area contributed by atoms with Crippen molar-refractivity contribution in [1.29, 1.82) is 5.26 Å². The van der Waals surface area contributed by atoms with Gasteiger partial charge in [-0.3, -0.25) is 10.1 Å². The number of nitriles is 1. The lowest BCUT2D eigenvalue weighted by molar-refractivity contribution is -0.384. The minimum atomic E-state index is -0.545. The quantitative estimate of drug-likeness (QED) is 0.653. The summed E-state index contributed by atoms with van der Waals surface area (Å²) in [6, 6.07) is 3.42. The summed E-state index contributed by atoms with van der Waals surface area (Å²) in [5.41, 5.74) is -0.168. The minimum absolute atomic E-state index is 0.0494. The first-order chi connectivity index (χ1) is 8.72. The molecule has 1 aliphatic rings. The predicted molar refractivity (Wildman–Crippen MR) is 66.1 cm³/mol. The monoisotopic (exact) mass is 246 g/mol. The van der Waals surface area contributed by atoms with E-state index < -0.39 is 4.92 Å². The first kappa shape index (κ1) is 12.3. The molecule has 1 N–H and O–H groups in total. The summed E-state index contributed by atoms with van der Waals surface area (Å²) in [6.07, 6.45) is 6.89. The van der Waals surface area contributed by atoms with Crippen LogP contribution in [0.5, 0.6) is 0 Å². The van der Waals surface area contributed by atoms with Crippen LogP contribution in [-0.4, -0.2) is 15.9 Å². The highest BCUT2D eigenvalue weighted by Crippen LogP contribution is 2.28. The van der Waals surface area contributed by atoms with Gasteiger partial charge in [-0.1, -0.05) is 19.3 Å². The Labute approximate surface area is 105 Å². The van der Waals surface area contributed by atoms with Gasteiger partial charge in [0.05, 0.1) is 4.92 Å². The second-order valence-electron chi connectivity index (χ2n) is 4.40. The van der Waals surface area contributed by atoms with Crippen molar-refractivity contribution in [3.63, 3.8) is 0 Å². The molecule has 94 valence electrons. The Kier molecular flexibility index (Phi) is 3.72. The molecule has 1 fully saturated rings. The van der Waals surface area contributed by atoms with E-state index in [2.05, 4.69) is 10.3 Å². The fraction of sp³-hybridized carbons (Fsp3) is 0.500. The molecule has 0 spiro atoms. The van der Waals surface area contributed by atoms with Gasteiger partial charge in [0.2, 0.25) is 5.82 Å². The number of nitro groups is 1. The topological polar surface area (TPSA) is 91.8 Å². The summed E-state index contributed by atoms with van der Waals surface area (Å²) < 4.78 is 0. The van der Waals surface area contributed by atoms with Crippen LogP contribution in [-0.2, 0) is 0 Å². The molecule has 1 aromatic rings. The number of pyridine rings is 1. The van der Waals surface area contributed by atoms with E-state index in [0.717, 1.165) is 25.7 Å². The minimum Gasteiger partial charge on any atom is -0.362 e. The maximum Gasteiger partial charge on any atom is 0.328 e. The van der Waals surface area contributed by atoms with E-state index in [1.807, 2.05) is 6.07 Å². The average molecular weight is 246 g/mol. The van der Waals surface area contributed by atoms with Crippen molar-refractivity contribution >= 4 is 11.5 Å². The summed E-state index contributed by atoms with van der Waals surface area (Å²) in [7, 11) is 0. The second-order valence-corrected chi connectivity index (χ2v) is 4.40. The van der Waals surface area contributed by atoms with Crippen LogP contribution in [0, 0.1) is 21.4 Å². The van der Waals surface area contributed by atoms with Crippen molar-refractivity contribution in [3.8, 4) is 6.07 Å². The summed E-state index contributed by atoms with van der Waals surface area (Å²) in [6.45, 7) is 0. The summed E-state index contributed by atoms with van der Waals surface area (Å²) in [5, 5.41) is 23.0. The van der Waals surface area contributed by atoms with E-state index in [0.29, 0.717) is 0 Å². The maximum absolute atomic E-state index is 11.0. The second kappa shape index (κ2) is 5.45. The van der Waals surface area contributed by atoms with Crippen molar-refractivity contribution in [2.24, 2.45) is 0 Å². The molecule has 0 unspecified atom stereocenters. The largest absolute Gasteiger partial charge is 0.362 e. The molecule has 0 saturated heterocycles. The molecule has 1 aliphatic carbocycles. The zero-order valence-electron chi connectivity index (χ0n) is 9.93. The van der Waals surface area contributed by atoms with Crippen LogP contribution in [0.25, 0.3) is 0 Å². The number of hydrogen-bond acceptors (Lipinski definition) is 5. The van der Waals surface area contributed by atoms with Crippen LogP contribution >= 0.6 is 0 Å². The van der Waals surface area contributed by atoms with Crippen LogP contribution in [0.2, 0.25) is 0 Å². The molecule has 1 aromatic heterocycles. The summed E-state index contributed by atoms with van der Waals surface area (Å²) in [4.78, 5) is 14.5. The predicted octanol–water partition coefficient (Wildman–Crippen LogP) is 2.61. The van der Waals surface area contributed by atoms with Crippen LogP contribution in [0.15, 0.2) is 12.3 Å². The Balaban J connectivity index is 2.26. The molecule has 0 aliphatic heterocycles. The van der Waals surface area contributed by atoms with E-state index in [4.69, 9.17) is 5.26 Å². The van der Waals surface area contributed by atoms with Gasteiger partial charge >= 0.3 is 5.69 Å². The molecular weight excluding hydrogens is 232 g/mol. The van der Waals surface area contributed by atoms with Crippen molar-refractivity contribution in [2.75, 3.05) is 5.32 Å². The third-order valence-corrected chi connectivity index (χ3v) is 3.17. The highest BCUT2D eigenvalue weighted by molar-refractivity contribution is 5.64. The van der Waals surface area contributed by atoms with Crippen LogP contribution in [0.3, 0.4) is 0 Å². The molecule has 1 saturated carbocycles. The normalized spacial score (nSPS) is 15.9. The molecule has 0 atom stereocenters. The van der Waals surface area contributed by atoms with Crippen molar-refractivity contribution in [2.45, 2.75) is 38.1 Å². The number of aromatic nitrogens is 1. The Bertz CT molecular complexity index is 489. The van der Waals surface area contributed by atoms with Crippen molar-refractivity contribution < 1.29 is 4.92 Å². The van der Waals surface area contributed by atoms with Crippen molar-refractivity contribution in [1.82, 2.24) is 4.98 Å². The zero-order valence-corrected chi connectivity index (χ0v) is 9.93. The highest BCUT2D eigenvalue weighted by Gasteiger charge is 2.23. The molecule has 6 heteroatoms. The Morgan fingerprint density at radius 1 is 1.44 bits per heavy atom. The first-order valence-electron chi connectivity index (χ1n) is 6.02. The first-order valence-corrected chi connectivity index (χ1v) is 6.02. The number of anilines is 1. The smallest absolute Gasteiger partial charge is 0.328 e. The fourth-order valence-corrected chi connectivity index (χ4v) is 2.27. The van der Waals surface area contributed by atoms with E-state index in [9.17, 15) is 10.1 Å². The number of nitrogens with zero attached hydrogens (tertiary/aromatic N) is 3.